The summed E-state index contributed by atoms with van der Waals surface area (Å²) in [6.45, 7) is 1.81. The Morgan fingerprint density at radius 1 is 1.73 bits per heavy atom. The zero-order valence-electron chi connectivity index (χ0n) is 8.14. The molecule has 2 aromatic heterocycles. The summed E-state index contributed by atoms with van der Waals surface area (Å²) in [6.07, 6.45) is 1.13. The zero-order valence-corrected chi connectivity index (χ0v) is 8.14. The van der Waals surface area contributed by atoms with Gasteiger partial charge in [-0.2, -0.15) is 4.98 Å². The van der Waals surface area contributed by atoms with Crippen LogP contribution in [-0.2, 0) is 0 Å². The van der Waals surface area contributed by atoms with Crippen molar-refractivity contribution in [1.29, 1.82) is 0 Å². The SMILES string of the molecule is CCC(O)n1cnc2c(=O)[nH]c(N)nc21. The fourth-order valence-corrected chi connectivity index (χ4v) is 1.36. The molecule has 4 N–H and O–H groups in total. The molecule has 0 saturated carbocycles. The molecule has 2 aromatic rings. The van der Waals surface area contributed by atoms with Crippen LogP contribution in [0.5, 0.6) is 0 Å². The van der Waals surface area contributed by atoms with Gasteiger partial charge in [0, 0.05) is 0 Å². The summed E-state index contributed by atoms with van der Waals surface area (Å²) in [5.74, 6) is 0.0116. The molecule has 0 amide bonds. The molecular formula is C8H11N5O2. The van der Waals surface area contributed by atoms with Crippen molar-refractivity contribution in [1.82, 2.24) is 19.5 Å². The topological polar surface area (TPSA) is 110 Å². The minimum absolute atomic E-state index is 0.0116. The lowest BCUT2D eigenvalue weighted by Crippen LogP contribution is -2.13. The van der Waals surface area contributed by atoms with Gasteiger partial charge >= 0.3 is 0 Å². The highest BCUT2D eigenvalue weighted by atomic mass is 16.3. The van der Waals surface area contributed by atoms with E-state index < -0.39 is 11.8 Å². The number of imidazole rings is 1. The number of hydrogen-bond donors (Lipinski definition) is 3. The number of nitrogen functional groups attached to an aromatic ring is 1. The van der Waals surface area contributed by atoms with Gasteiger partial charge in [0.2, 0.25) is 5.95 Å². The molecule has 0 aliphatic heterocycles. The molecule has 7 nitrogen and oxygen atoms in total. The minimum Gasteiger partial charge on any atom is -0.373 e. The molecule has 0 radical (unpaired) electrons. The van der Waals surface area contributed by atoms with Crippen LogP contribution in [-0.4, -0.2) is 24.6 Å². The molecule has 1 unspecified atom stereocenters. The largest absolute Gasteiger partial charge is 0.373 e. The van der Waals surface area contributed by atoms with Crippen LogP contribution < -0.4 is 11.3 Å². The Hall–Kier alpha value is -1.89. The Morgan fingerprint density at radius 2 is 2.47 bits per heavy atom. The van der Waals surface area contributed by atoms with Crippen LogP contribution in [0.25, 0.3) is 11.2 Å². The molecule has 0 bridgehead atoms. The summed E-state index contributed by atoms with van der Waals surface area (Å²) < 4.78 is 1.42. The first-order chi connectivity index (χ1) is 7.13. The van der Waals surface area contributed by atoms with Gasteiger partial charge in [-0.05, 0) is 6.42 Å². The van der Waals surface area contributed by atoms with Crippen LogP contribution in [0.1, 0.15) is 19.6 Å². The van der Waals surface area contributed by atoms with Crippen LogP contribution in [0.2, 0.25) is 0 Å². The zero-order chi connectivity index (χ0) is 11.0. The second-order valence-electron chi connectivity index (χ2n) is 3.16. The molecule has 1 atom stereocenters. The number of nitrogens with zero attached hydrogens (tertiary/aromatic N) is 3. The van der Waals surface area contributed by atoms with E-state index >= 15 is 0 Å². The van der Waals surface area contributed by atoms with E-state index in [1.807, 2.05) is 6.92 Å². The van der Waals surface area contributed by atoms with Crippen LogP contribution in [0, 0.1) is 0 Å². The average molecular weight is 209 g/mol. The van der Waals surface area contributed by atoms with E-state index in [0.29, 0.717) is 12.1 Å². The van der Waals surface area contributed by atoms with E-state index in [2.05, 4.69) is 15.0 Å². The highest BCUT2D eigenvalue weighted by molar-refractivity contribution is 5.70. The number of nitrogens with two attached hydrogens (primary N) is 1. The second-order valence-corrected chi connectivity index (χ2v) is 3.16. The third-order valence-corrected chi connectivity index (χ3v) is 2.14. The number of fused-ring (bicyclic) bond motifs is 1. The van der Waals surface area contributed by atoms with Gasteiger partial charge in [-0.25, -0.2) is 4.98 Å². The van der Waals surface area contributed by atoms with Crippen molar-refractivity contribution < 1.29 is 5.11 Å². The van der Waals surface area contributed by atoms with Gasteiger partial charge in [-0.1, -0.05) is 6.92 Å². The van der Waals surface area contributed by atoms with Crippen molar-refractivity contribution in [2.45, 2.75) is 19.6 Å². The third kappa shape index (κ3) is 1.46. The number of aromatic amines is 1. The maximum atomic E-state index is 11.4. The Morgan fingerprint density at radius 3 is 3.13 bits per heavy atom. The highest BCUT2D eigenvalue weighted by Gasteiger charge is 2.13. The fraction of sp³-hybridized carbons (Fsp3) is 0.375. The van der Waals surface area contributed by atoms with Gasteiger partial charge in [0.05, 0.1) is 6.33 Å². The van der Waals surface area contributed by atoms with Gasteiger partial charge in [0.25, 0.3) is 5.56 Å². The van der Waals surface area contributed by atoms with Gasteiger partial charge in [0.1, 0.15) is 6.23 Å². The lowest BCUT2D eigenvalue weighted by Gasteiger charge is -2.09. The molecule has 0 saturated heterocycles. The molecule has 15 heavy (non-hydrogen) atoms. The third-order valence-electron chi connectivity index (χ3n) is 2.14. The van der Waals surface area contributed by atoms with E-state index in [4.69, 9.17) is 5.73 Å². The summed E-state index contributed by atoms with van der Waals surface area (Å²) in [5.41, 5.74) is 5.48. The smallest absolute Gasteiger partial charge is 0.280 e. The van der Waals surface area contributed by atoms with Crippen LogP contribution in [0.3, 0.4) is 0 Å². The Kier molecular flexibility index (Phi) is 2.16. The van der Waals surface area contributed by atoms with Crippen molar-refractivity contribution >= 4 is 17.1 Å². The summed E-state index contributed by atoms with van der Waals surface area (Å²) in [6, 6.07) is 0. The number of H-pyrrole nitrogens is 1. The predicted octanol–water partition coefficient (Wildman–Crippen LogP) is -0.397. The maximum absolute atomic E-state index is 11.4. The summed E-state index contributed by atoms with van der Waals surface area (Å²) >= 11 is 0. The van der Waals surface area contributed by atoms with Gasteiger partial charge < -0.3 is 10.8 Å². The summed E-state index contributed by atoms with van der Waals surface area (Å²) in [7, 11) is 0. The molecule has 2 heterocycles. The summed E-state index contributed by atoms with van der Waals surface area (Å²) in [4.78, 5) is 21.5. The summed E-state index contributed by atoms with van der Waals surface area (Å²) in [5, 5.41) is 9.63. The predicted molar refractivity (Wildman–Crippen MR) is 54.1 cm³/mol. The highest BCUT2D eigenvalue weighted by Crippen LogP contribution is 2.13. The van der Waals surface area contributed by atoms with Gasteiger partial charge in [-0.15, -0.1) is 0 Å². The minimum atomic E-state index is -0.747. The maximum Gasteiger partial charge on any atom is 0.280 e. The molecular weight excluding hydrogens is 198 g/mol. The fourth-order valence-electron chi connectivity index (χ4n) is 1.36. The number of hydrogen-bond acceptors (Lipinski definition) is 5. The quantitative estimate of drug-likeness (QED) is 0.623. The number of anilines is 1. The number of aromatic nitrogens is 4. The first-order valence-corrected chi connectivity index (χ1v) is 4.54. The molecule has 0 spiro atoms. The molecule has 7 heteroatoms. The number of rotatable bonds is 2. The molecule has 0 fully saturated rings. The van der Waals surface area contributed by atoms with E-state index in [-0.39, 0.29) is 11.5 Å². The van der Waals surface area contributed by atoms with E-state index in [1.54, 1.807) is 0 Å². The molecule has 0 aliphatic carbocycles. The Balaban J connectivity index is 2.74. The van der Waals surface area contributed by atoms with E-state index in [0.717, 1.165) is 0 Å². The Labute approximate surface area is 84.6 Å². The first-order valence-electron chi connectivity index (χ1n) is 4.54. The number of nitrogens with one attached hydrogen (secondary N) is 1. The number of aliphatic hydroxyl groups is 1. The second kappa shape index (κ2) is 3.35. The van der Waals surface area contributed by atoms with E-state index in [1.165, 1.54) is 10.9 Å². The molecule has 80 valence electrons. The number of aliphatic hydroxyl groups excluding tert-OH is 1. The average Bonchev–Trinajstić information content (AvgIpc) is 2.60. The van der Waals surface area contributed by atoms with Crippen molar-refractivity contribution in [3.05, 3.63) is 16.7 Å². The lowest BCUT2D eigenvalue weighted by molar-refractivity contribution is 0.103. The van der Waals surface area contributed by atoms with Gasteiger partial charge in [-0.3, -0.25) is 14.3 Å². The van der Waals surface area contributed by atoms with Crippen molar-refractivity contribution in [2.75, 3.05) is 5.73 Å². The standard InChI is InChI=1S/C8H11N5O2/c1-2-4(14)13-3-10-5-6(13)11-8(9)12-7(5)15/h3-4,14H,2H2,1H3,(H3,9,11,12,15). The normalized spacial score (nSPS) is 13.2. The Bertz CT molecular complexity index is 543. The van der Waals surface area contributed by atoms with Gasteiger partial charge in [0.15, 0.2) is 11.2 Å². The molecule has 0 aromatic carbocycles. The van der Waals surface area contributed by atoms with Crippen molar-refractivity contribution in [3.8, 4) is 0 Å². The first kappa shape index (κ1) is 9.66. The molecule has 2 rings (SSSR count). The van der Waals surface area contributed by atoms with Crippen molar-refractivity contribution in [2.24, 2.45) is 0 Å². The van der Waals surface area contributed by atoms with Crippen LogP contribution in [0.15, 0.2) is 11.1 Å². The van der Waals surface area contributed by atoms with E-state index in [9.17, 15) is 9.90 Å². The van der Waals surface area contributed by atoms with Crippen LogP contribution in [0.4, 0.5) is 5.95 Å². The molecule has 0 aliphatic rings. The van der Waals surface area contributed by atoms with Crippen LogP contribution >= 0.6 is 0 Å². The van der Waals surface area contributed by atoms with Crippen molar-refractivity contribution in [3.63, 3.8) is 0 Å². The lowest BCUT2D eigenvalue weighted by atomic mass is 10.4. The monoisotopic (exact) mass is 209 g/mol.